The number of carbonyl (C=O) groups is 1. The first kappa shape index (κ1) is 17.4. The number of fused-ring (bicyclic) bond motifs is 1. The number of carbonyl (C=O) groups excluding carboxylic acids is 1. The Hall–Kier alpha value is -2.47. The van der Waals surface area contributed by atoms with Crippen molar-refractivity contribution in [1.82, 2.24) is 14.7 Å². The molecule has 1 atom stereocenters. The van der Waals surface area contributed by atoms with Crippen molar-refractivity contribution in [2.24, 2.45) is 0 Å². The van der Waals surface area contributed by atoms with Gasteiger partial charge in [0.1, 0.15) is 5.56 Å². The number of aryl methyl sites for hydroxylation is 1. The van der Waals surface area contributed by atoms with Gasteiger partial charge in [0, 0.05) is 17.6 Å². The second-order valence-corrected chi connectivity index (χ2v) is 7.08. The van der Waals surface area contributed by atoms with Crippen molar-refractivity contribution >= 4 is 22.2 Å². The number of amides is 1. The first-order valence-corrected chi connectivity index (χ1v) is 9.26. The number of benzene rings is 1. The molecule has 0 saturated heterocycles. The zero-order valence-electron chi connectivity index (χ0n) is 14.6. The topological polar surface area (TPSA) is 63.5 Å². The fourth-order valence-electron chi connectivity index (χ4n) is 2.78. The molecule has 5 nitrogen and oxygen atoms in total. The largest absolute Gasteiger partial charge is 0.349 e. The molecule has 6 heteroatoms. The van der Waals surface area contributed by atoms with E-state index in [4.69, 9.17) is 0 Å². The Morgan fingerprint density at radius 1 is 1.32 bits per heavy atom. The minimum atomic E-state index is -0.367. The van der Waals surface area contributed by atoms with Crippen molar-refractivity contribution in [2.75, 3.05) is 0 Å². The summed E-state index contributed by atoms with van der Waals surface area (Å²) in [7, 11) is 0. The van der Waals surface area contributed by atoms with Crippen LogP contribution in [0.25, 0.3) is 16.2 Å². The molecule has 2 aromatic heterocycles. The van der Waals surface area contributed by atoms with Gasteiger partial charge in [-0.25, -0.2) is 4.98 Å². The van der Waals surface area contributed by atoms with E-state index in [-0.39, 0.29) is 23.1 Å². The summed E-state index contributed by atoms with van der Waals surface area (Å²) < 4.78 is 1.52. The van der Waals surface area contributed by atoms with Crippen LogP contribution in [0.2, 0.25) is 0 Å². The monoisotopic (exact) mass is 355 g/mol. The van der Waals surface area contributed by atoms with Crippen LogP contribution < -0.4 is 10.9 Å². The number of nitrogens with one attached hydrogen (secondary N) is 1. The van der Waals surface area contributed by atoms with Crippen molar-refractivity contribution in [2.45, 2.75) is 39.7 Å². The third-order valence-corrected chi connectivity index (χ3v) is 4.98. The predicted octanol–water partition coefficient (Wildman–Crippen LogP) is 3.65. The first-order chi connectivity index (χ1) is 12.0. The lowest BCUT2D eigenvalue weighted by Gasteiger charge is -2.12. The molecule has 0 saturated carbocycles. The molecule has 1 N–H and O–H groups in total. The second kappa shape index (κ2) is 7.19. The fraction of sp³-hybridized carbons (Fsp3) is 0.316. The molecule has 3 rings (SSSR count). The summed E-state index contributed by atoms with van der Waals surface area (Å²) in [6.45, 7) is 6.01. The average Bonchev–Trinajstić information content (AvgIpc) is 3.01. The molecule has 130 valence electrons. The highest BCUT2D eigenvalue weighted by molar-refractivity contribution is 7.15. The molecule has 1 aromatic carbocycles. The van der Waals surface area contributed by atoms with E-state index in [2.05, 4.69) is 17.2 Å². The number of thiazole rings is 1. The fourth-order valence-corrected chi connectivity index (χ4v) is 3.64. The van der Waals surface area contributed by atoms with E-state index in [1.807, 2.05) is 43.5 Å². The van der Waals surface area contributed by atoms with Crippen LogP contribution in [0.4, 0.5) is 0 Å². The first-order valence-electron chi connectivity index (χ1n) is 8.38. The molecule has 25 heavy (non-hydrogen) atoms. The molecule has 0 aliphatic rings. The van der Waals surface area contributed by atoms with Crippen molar-refractivity contribution in [3.05, 3.63) is 57.3 Å². The highest BCUT2D eigenvalue weighted by atomic mass is 32.1. The van der Waals surface area contributed by atoms with Crippen LogP contribution in [0.3, 0.4) is 0 Å². The number of nitrogens with zero attached hydrogens (tertiary/aromatic N) is 2. The lowest BCUT2D eigenvalue weighted by Crippen LogP contribution is -2.36. The quantitative estimate of drug-likeness (QED) is 0.760. The maximum Gasteiger partial charge on any atom is 0.271 e. The van der Waals surface area contributed by atoms with Gasteiger partial charge in [-0.15, -0.1) is 11.3 Å². The van der Waals surface area contributed by atoms with Gasteiger partial charge >= 0.3 is 0 Å². The van der Waals surface area contributed by atoms with E-state index in [9.17, 15) is 9.59 Å². The van der Waals surface area contributed by atoms with E-state index in [1.165, 1.54) is 21.9 Å². The predicted molar refractivity (Wildman–Crippen MR) is 101 cm³/mol. The van der Waals surface area contributed by atoms with E-state index in [0.29, 0.717) is 4.96 Å². The molecule has 0 fully saturated rings. The van der Waals surface area contributed by atoms with Crippen LogP contribution in [-0.4, -0.2) is 21.3 Å². The van der Waals surface area contributed by atoms with E-state index < -0.39 is 0 Å². The lowest BCUT2D eigenvalue weighted by molar-refractivity contribution is 0.0936. The normalized spacial score (nSPS) is 12.3. The van der Waals surface area contributed by atoms with Gasteiger partial charge in [0.25, 0.3) is 11.5 Å². The summed E-state index contributed by atoms with van der Waals surface area (Å²) in [5.41, 5.74) is 2.58. The Morgan fingerprint density at radius 3 is 2.72 bits per heavy atom. The van der Waals surface area contributed by atoms with Crippen LogP contribution in [0, 0.1) is 6.92 Å². The van der Waals surface area contributed by atoms with Gasteiger partial charge in [0.15, 0.2) is 4.96 Å². The molecule has 2 heterocycles. The Labute approximate surface area is 150 Å². The summed E-state index contributed by atoms with van der Waals surface area (Å²) in [5.74, 6) is -0.367. The average molecular weight is 355 g/mol. The highest BCUT2D eigenvalue weighted by Gasteiger charge is 2.18. The Kier molecular flexibility index (Phi) is 4.99. The van der Waals surface area contributed by atoms with Gasteiger partial charge in [0.05, 0.1) is 5.69 Å². The lowest BCUT2D eigenvalue weighted by atomic mass is 10.1. The van der Waals surface area contributed by atoms with Crippen LogP contribution in [-0.2, 0) is 0 Å². The highest BCUT2D eigenvalue weighted by Crippen LogP contribution is 2.24. The summed E-state index contributed by atoms with van der Waals surface area (Å²) in [6, 6.07) is 7.97. The van der Waals surface area contributed by atoms with Crippen LogP contribution >= 0.6 is 11.3 Å². The van der Waals surface area contributed by atoms with E-state index in [1.54, 1.807) is 0 Å². The minimum absolute atomic E-state index is 0.0247. The maximum atomic E-state index is 12.9. The molecule has 0 unspecified atom stereocenters. The van der Waals surface area contributed by atoms with Crippen molar-refractivity contribution < 1.29 is 4.79 Å². The molecule has 0 aliphatic carbocycles. The number of hydrogen-bond acceptors (Lipinski definition) is 4. The van der Waals surface area contributed by atoms with E-state index >= 15 is 0 Å². The van der Waals surface area contributed by atoms with Gasteiger partial charge in [-0.3, -0.25) is 14.0 Å². The van der Waals surface area contributed by atoms with Gasteiger partial charge in [-0.05, 0) is 25.8 Å². The Morgan fingerprint density at radius 2 is 2.04 bits per heavy atom. The van der Waals surface area contributed by atoms with Crippen molar-refractivity contribution in [1.29, 1.82) is 0 Å². The molecule has 0 aliphatic heterocycles. The van der Waals surface area contributed by atoms with Crippen LogP contribution in [0.1, 0.15) is 42.6 Å². The van der Waals surface area contributed by atoms with Crippen LogP contribution in [0.5, 0.6) is 0 Å². The van der Waals surface area contributed by atoms with Gasteiger partial charge in [-0.1, -0.05) is 43.2 Å². The maximum absolute atomic E-state index is 12.9. The molecular weight excluding hydrogens is 334 g/mol. The van der Waals surface area contributed by atoms with Crippen molar-refractivity contribution in [3.8, 4) is 11.3 Å². The summed E-state index contributed by atoms with van der Waals surface area (Å²) >= 11 is 1.39. The van der Waals surface area contributed by atoms with Gasteiger partial charge < -0.3 is 5.32 Å². The third kappa shape index (κ3) is 3.49. The van der Waals surface area contributed by atoms with Crippen LogP contribution in [0.15, 0.2) is 40.6 Å². The van der Waals surface area contributed by atoms with E-state index in [0.717, 1.165) is 29.7 Å². The van der Waals surface area contributed by atoms with Gasteiger partial charge in [-0.2, -0.15) is 0 Å². The smallest absolute Gasteiger partial charge is 0.271 e. The second-order valence-electron chi connectivity index (χ2n) is 6.25. The molecule has 0 radical (unpaired) electrons. The van der Waals surface area contributed by atoms with Gasteiger partial charge in [0.2, 0.25) is 0 Å². The SMILES string of the molecule is CCC[C@H](C)NC(=O)c1cnc2scc(-c3ccc(C)cc3)n2c1=O. The molecule has 0 bridgehead atoms. The third-order valence-electron chi connectivity index (χ3n) is 4.14. The zero-order chi connectivity index (χ0) is 18.0. The Balaban J connectivity index is 2.04. The standard InChI is InChI=1S/C19H21N3O2S/c1-4-5-13(3)21-17(23)15-10-20-19-22(18(15)24)16(11-25-19)14-8-6-12(2)7-9-14/h6-11,13H,4-5H2,1-3H3,(H,21,23)/t13-/m0/s1. The molecular formula is C19H21N3O2S. The zero-order valence-corrected chi connectivity index (χ0v) is 15.4. The summed E-state index contributed by atoms with van der Waals surface area (Å²) in [6.07, 6.45) is 3.22. The molecule has 3 aromatic rings. The number of aromatic nitrogens is 2. The molecule has 1 amide bonds. The van der Waals surface area contributed by atoms with Crippen molar-refractivity contribution in [3.63, 3.8) is 0 Å². The molecule has 0 spiro atoms. The number of rotatable bonds is 5. The summed E-state index contributed by atoms with van der Waals surface area (Å²) in [5, 5.41) is 4.77. The summed E-state index contributed by atoms with van der Waals surface area (Å²) in [4.78, 5) is 30.2. The minimum Gasteiger partial charge on any atom is -0.349 e. The Bertz CT molecular complexity index is 957. The number of hydrogen-bond donors (Lipinski definition) is 1.